The van der Waals surface area contributed by atoms with Gasteiger partial charge >= 0.3 is 6.36 Å². The summed E-state index contributed by atoms with van der Waals surface area (Å²) < 4.78 is 40.1. The lowest BCUT2D eigenvalue weighted by Crippen LogP contribution is -2.34. The highest BCUT2D eigenvalue weighted by molar-refractivity contribution is 5.85. The van der Waals surface area contributed by atoms with E-state index in [-0.39, 0.29) is 23.6 Å². The molecule has 0 aromatic heterocycles. The number of rotatable bonds is 5. The Morgan fingerprint density at radius 3 is 2.41 bits per heavy atom. The number of halogens is 4. The molecule has 1 aromatic carbocycles. The largest absolute Gasteiger partial charge is 0.573 e. The second kappa shape index (κ2) is 7.53. The zero-order valence-electron chi connectivity index (χ0n) is 12.7. The summed E-state index contributed by atoms with van der Waals surface area (Å²) in [6, 6.07) is 6.06. The fraction of sp³-hybridized carbons (Fsp3) is 0.600. The van der Waals surface area contributed by atoms with Gasteiger partial charge in [-0.25, -0.2) is 0 Å². The van der Waals surface area contributed by atoms with Crippen LogP contribution >= 0.6 is 12.4 Å². The van der Waals surface area contributed by atoms with E-state index in [0.717, 1.165) is 31.6 Å². The Kier molecular flexibility index (Phi) is 6.52. The molecule has 0 radical (unpaired) electrons. The third kappa shape index (κ3) is 6.02. The van der Waals surface area contributed by atoms with E-state index in [2.05, 4.69) is 21.9 Å². The third-order valence-electron chi connectivity index (χ3n) is 3.72. The maximum atomic E-state index is 12.1. The molecular formula is C15H22ClF3N2O. The molecule has 3 nitrogen and oxygen atoms in total. The molecule has 0 aliphatic carbocycles. The molecule has 0 saturated carbocycles. The van der Waals surface area contributed by atoms with Gasteiger partial charge in [-0.3, -0.25) is 0 Å². The monoisotopic (exact) mass is 338 g/mol. The summed E-state index contributed by atoms with van der Waals surface area (Å²) in [5, 5.41) is 3.36. The molecule has 1 atom stereocenters. The molecular weight excluding hydrogens is 317 g/mol. The van der Waals surface area contributed by atoms with Crippen LogP contribution in [-0.4, -0.2) is 37.9 Å². The van der Waals surface area contributed by atoms with Crippen LogP contribution in [0.25, 0.3) is 0 Å². The van der Waals surface area contributed by atoms with Crippen LogP contribution in [0.4, 0.5) is 13.2 Å². The zero-order chi connectivity index (χ0) is 15.5. The van der Waals surface area contributed by atoms with E-state index in [9.17, 15) is 13.2 Å². The van der Waals surface area contributed by atoms with Crippen molar-refractivity contribution in [3.05, 3.63) is 29.8 Å². The molecule has 1 aliphatic rings. The molecule has 1 aromatic rings. The van der Waals surface area contributed by atoms with Gasteiger partial charge in [0, 0.05) is 19.6 Å². The van der Waals surface area contributed by atoms with E-state index in [1.54, 1.807) is 12.1 Å². The number of benzene rings is 1. The molecule has 2 rings (SSSR count). The smallest absolute Gasteiger partial charge is 0.406 e. The number of hydrogen-bond acceptors (Lipinski definition) is 3. The molecule has 1 heterocycles. The molecule has 126 valence electrons. The average molecular weight is 339 g/mol. The first kappa shape index (κ1) is 19.1. The Bertz CT molecular complexity index is 459. The van der Waals surface area contributed by atoms with E-state index in [1.807, 2.05) is 7.05 Å². The second-order valence-electron chi connectivity index (χ2n) is 6.10. The van der Waals surface area contributed by atoms with Crippen molar-refractivity contribution in [1.82, 2.24) is 10.2 Å². The molecule has 1 fully saturated rings. The van der Waals surface area contributed by atoms with E-state index >= 15 is 0 Å². The number of nitrogens with zero attached hydrogens (tertiary/aromatic N) is 1. The van der Waals surface area contributed by atoms with Gasteiger partial charge in [0.2, 0.25) is 0 Å². The van der Waals surface area contributed by atoms with Gasteiger partial charge in [-0.15, -0.1) is 25.6 Å². The van der Waals surface area contributed by atoms with Gasteiger partial charge in [-0.2, -0.15) is 0 Å². The highest BCUT2D eigenvalue weighted by Gasteiger charge is 2.31. The summed E-state index contributed by atoms with van der Waals surface area (Å²) in [7, 11) is 2.03. The standard InChI is InChI=1S/C15H21F3N2O.ClH/c1-14(7-8-19-10-14)11-20(2)9-12-3-5-13(6-4-12)21-15(16,17)18;/h3-6,19H,7-11H2,1-2H3;1H. The van der Waals surface area contributed by atoms with Gasteiger partial charge in [0.15, 0.2) is 0 Å². The SMILES string of the molecule is CN(Cc1ccc(OC(F)(F)F)cc1)CC1(C)CCNC1.Cl. The Morgan fingerprint density at radius 2 is 1.91 bits per heavy atom. The van der Waals surface area contributed by atoms with E-state index < -0.39 is 6.36 Å². The van der Waals surface area contributed by atoms with Crippen molar-refractivity contribution in [2.24, 2.45) is 5.41 Å². The molecule has 22 heavy (non-hydrogen) atoms. The highest BCUT2D eigenvalue weighted by atomic mass is 35.5. The maximum Gasteiger partial charge on any atom is 0.573 e. The van der Waals surface area contributed by atoms with Crippen molar-refractivity contribution >= 4 is 12.4 Å². The minimum Gasteiger partial charge on any atom is -0.406 e. The third-order valence-corrected chi connectivity index (χ3v) is 3.72. The molecule has 1 unspecified atom stereocenters. The summed E-state index contributed by atoms with van der Waals surface area (Å²) in [6.07, 6.45) is -3.49. The van der Waals surface area contributed by atoms with E-state index in [4.69, 9.17) is 0 Å². The van der Waals surface area contributed by atoms with Crippen molar-refractivity contribution in [3.8, 4) is 5.75 Å². The Balaban J connectivity index is 0.00000242. The van der Waals surface area contributed by atoms with Gasteiger partial charge in [-0.05, 0) is 43.1 Å². The van der Waals surface area contributed by atoms with Crippen molar-refractivity contribution < 1.29 is 17.9 Å². The lowest BCUT2D eigenvalue weighted by molar-refractivity contribution is -0.274. The van der Waals surface area contributed by atoms with E-state index in [1.165, 1.54) is 12.1 Å². The molecule has 1 aliphatic heterocycles. The molecule has 0 spiro atoms. The summed E-state index contributed by atoms with van der Waals surface area (Å²) in [6.45, 7) is 5.98. The number of alkyl halides is 3. The summed E-state index contributed by atoms with van der Waals surface area (Å²) in [5.41, 5.74) is 1.25. The highest BCUT2D eigenvalue weighted by Crippen LogP contribution is 2.26. The first-order chi connectivity index (χ1) is 9.76. The van der Waals surface area contributed by atoms with Crippen molar-refractivity contribution in [1.29, 1.82) is 0 Å². The Hall–Kier alpha value is -0.980. The first-order valence-corrected chi connectivity index (χ1v) is 7.00. The van der Waals surface area contributed by atoms with Gasteiger partial charge in [0.05, 0.1) is 0 Å². The van der Waals surface area contributed by atoms with Gasteiger partial charge in [0.1, 0.15) is 5.75 Å². The molecule has 1 N–H and O–H groups in total. The van der Waals surface area contributed by atoms with Crippen LogP contribution in [-0.2, 0) is 6.54 Å². The predicted molar refractivity (Wildman–Crippen MR) is 82.3 cm³/mol. The van der Waals surface area contributed by atoms with Crippen LogP contribution in [0.15, 0.2) is 24.3 Å². The van der Waals surface area contributed by atoms with Gasteiger partial charge in [0.25, 0.3) is 0 Å². The normalized spacial score (nSPS) is 21.7. The number of ether oxygens (including phenoxy) is 1. The van der Waals surface area contributed by atoms with Crippen molar-refractivity contribution in [2.45, 2.75) is 26.3 Å². The first-order valence-electron chi connectivity index (χ1n) is 7.00. The van der Waals surface area contributed by atoms with E-state index in [0.29, 0.717) is 6.54 Å². The van der Waals surface area contributed by atoms with Crippen LogP contribution in [0.3, 0.4) is 0 Å². The average Bonchev–Trinajstić information content (AvgIpc) is 2.76. The van der Waals surface area contributed by atoms with Crippen LogP contribution in [0, 0.1) is 5.41 Å². The van der Waals surface area contributed by atoms with Crippen molar-refractivity contribution in [2.75, 3.05) is 26.7 Å². The van der Waals surface area contributed by atoms with Crippen LogP contribution in [0.5, 0.6) is 5.75 Å². The summed E-state index contributed by atoms with van der Waals surface area (Å²) in [5.74, 6) is -0.180. The Labute approximate surface area is 135 Å². The lowest BCUT2D eigenvalue weighted by Gasteiger charge is -2.29. The van der Waals surface area contributed by atoms with Crippen LogP contribution in [0.2, 0.25) is 0 Å². The summed E-state index contributed by atoms with van der Waals surface area (Å²) in [4.78, 5) is 2.20. The topological polar surface area (TPSA) is 24.5 Å². The van der Waals surface area contributed by atoms with Crippen molar-refractivity contribution in [3.63, 3.8) is 0 Å². The molecule has 7 heteroatoms. The quantitative estimate of drug-likeness (QED) is 0.890. The Morgan fingerprint density at radius 1 is 1.27 bits per heavy atom. The molecule has 0 bridgehead atoms. The fourth-order valence-corrected chi connectivity index (χ4v) is 2.82. The summed E-state index contributed by atoms with van der Waals surface area (Å²) >= 11 is 0. The van der Waals surface area contributed by atoms with Gasteiger partial charge < -0.3 is 15.0 Å². The molecule has 1 saturated heterocycles. The van der Waals surface area contributed by atoms with Gasteiger partial charge in [-0.1, -0.05) is 19.1 Å². The maximum absolute atomic E-state index is 12.1. The number of nitrogens with one attached hydrogen (secondary N) is 1. The second-order valence-corrected chi connectivity index (χ2v) is 6.10. The molecule has 0 amide bonds. The minimum atomic E-state index is -4.64. The van der Waals surface area contributed by atoms with Crippen LogP contribution < -0.4 is 10.1 Å². The number of hydrogen-bond donors (Lipinski definition) is 1. The predicted octanol–water partition coefficient (Wildman–Crippen LogP) is 3.44. The minimum absolute atomic E-state index is 0. The zero-order valence-corrected chi connectivity index (χ0v) is 13.6. The fourth-order valence-electron chi connectivity index (χ4n) is 2.82. The van der Waals surface area contributed by atoms with Crippen LogP contribution in [0.1, 0.15) is 18.9 Å². The lowest BCUT2D eigenvalue weighted by atomic mass is 9.89.